The van der Waals surface area contributed by atoms with E-state index in [2.05, 4.69) is 35.9 Å². The molecule has 1 heterocycles. The van der Waals surface area contributed by atoms with Crippen LogP contribution in [0.4, 0.5) is 5.82 Å². The van der Waals surface area contributed by atoms with Gasteiger partial charge in [0, 0.05) is 11.0 Å². The van der Waals surface area contributed by atoms with E-state index >= 15 is 0 Å². The minimum absolute atomic E-state index is 0.112. The molecule has 0 bridgehead atoms. The Labute approximate surface area is 123 Å². The van der Waals surface area contributed by atoms with Crippen molar-refractivity contribution in [1.29, 1.82) is 0 Å². The van der Waals surface area contributed by atoms with Gasteiger partial charge < -0.3 is 10.5 Å². The van der Waals surface area contributed by atoms with Crippen LogP contribution in [0.15, 0.2) is 40.4 Å². The summed E-state index contributed by atoms with van der Waals surface area (Å²) in [6.45, 7) is 6.13. The Balaban J connectivity index is 2.19. The number of nitrogen functional groups attached to an aromatic ring is 1. The standard InChI is InChI=1S/C15H19N3OS/c1-4-11(3)19-14-9-13(16)17-15(18-14)20-12-7-5-6-10(2)8-12/h5-9,11H,4H2,1-3H3,(H2,16,17,18). The molecule has 0 saturated carbocycles. The fourth-order valence-corrected chi connectivity index (χ4v) is 2.49. The van der Waals surface area contributed by atoms with Crippen LogP contribution >= 0.6 is 11.8 Å². The molecule has 20 heavy (non-hydrogen) atoms. The average molecular weight is 289 g/mol. The zero-order chi connectivity index (χ0) is 14.5. The van der Waals surface area contributed by atoms with Crippen molar-refractivity contribution in [3.05, 3.63) is 35.9 Å². The average Bonchev–Trinajstić information content (AvgIpc) is 2.37. The molecule has 0 aliphatic rings. The normalized spacial score (nSPS) is 12.2. The third-order valence-electron chi connectivity index (χ3n) is 2.80. The number of nitrogens with two attached hydrogens (primary N) is 1. The van der Waals surface area contributed by atoms with Gasteiger partial charge in [0.25, 0.3) is 0 Å². The quantitative estimate of drug-likeness (QED) is 0.850. The van der Waals surface area contributed by atoms with Crippen LogP contribution in [0.25, 0.3) is 0 Å². The van der Waals surface area contributed by atoms with E-state index < -0.39 is 0 Å². The molecule has 1 atom stereocenters. The van der Waals surface area contributed by atoms with Crippen LogP contribution in [0.5, 0.6) is 5.88 Å². The zero-order valence-electron chi connectivity index (χ0n) is 12.0. The Morgan fingerprint density at radius 2 is 2.10 bits per heavy atom. The van der Waals surface area contributed by atoms with E-state index in [0.29, 0.717) is 16.9 Å². The molecular weight excluding hydrogens is 270 g/mol. The van der Waals surface area contributed by atoms with Gasteiger partial charge in [-0.15, -0.1) is 0 Å². The molecule has 0 fully saturated rings. The SMILES string of the molecule is CCC(C)Oc1cc(N)nc(Sc2cccc(C)c2)n1. The number of ether oxygens (including phenoxy) is 1. The number of hydrogen-bond donors (Lipinski definition) is 1. The molecule has 1 aromatic heterocycles. The third-order valence-corrected chi connectivity index (χ3v) is 3.65. The lowest BCUT2D eigenvalue weighted by Crippen LogP contribution is -2.11. The maximum atomic E-state index is 5.82. The van der Waals surface area contributed by atoms with Gasteiger partial charge in [-0.25, -0.2) is 4.98 Å². The molecule has 0 spiro atoms. The molecule has 0 aliphatic carbocycles. The molecule has 4 nitrogen and oxygen atoms in total. The van der Waals surface area contributed by atoms with Gasteiger partial charge in [0.15, 0.2) is 5.16 Å². The molecule has 2 aromatic rings. The molecule has 2 N–H and O–H groups in total. The van der Waals surface area contributed by atoms with Crippen molar-refractivity contribution >= 4 is 17.6 Å². The first kappa shape index (κ1) is 14.7. The molecule has 0 radical (unpaired) electrons. The van der Waals surface area contributed by atoms with Gasteiger partial charge >= 0.3 is 0 Å². The lowest BCUT2D eigenvalue weighted by molar-refractivity contribution is 0.207. The summed E-state index contributed by atoms with van der Waals surface area (Å²) in [6.07, 6.45) is 1.03. The minimum atomic E-state index is 0.112. The van der Waals surface area contributed by atoms with E-state index in [1.807, 2.05) is 19.1 Å². The smallest absolute Gasteiger partial charge is 0.219 e. The van der Waals surface area contributed by atoms with Crippen LogP contribution < -0.4 is 10.5 Å². The summed E-state index contributed by atoms with van der Waals surface area (Å²) in [5, 5.41) is 0.605. The summed E-state index contributed by atoms with van der Waals surface area (Å²) in [4.78, 5) is 9.73. The van der Waals surface area contributed by atoms with Gasteiger partial charge in [-0.2, -0.15) is 4.98 Å². The first-order chi connectivity index (χ1) is 9.56. The van der Waals surface area contributed by atoms with E-state index in [1.165, 1.54) is 17.3 Å². The lowest BCUT2D eigenvalue weighted by atomic mass is 10.2. The van der Waals surface area contributed by atoms with Crippen LogP contribution in [0.1, 0.15) is 25.8 Å². The molecule has 0 aliphatic heterocycles. The van der Waals surface area contributed by atoms with Crippen LogP contribution in [-0.4, -0.2) is 16.1 Å². The fraction of sp³-hybridized carbons (Fsp3) is 0.333. The predicted octanol–water partition coefficient (Wildman–Crippen LogP) is 3.70. The lowest BCUT2D eigenvalue weighted by Gasteiger charge is -2.12. The molecule has 0 saturated heterocycles. The summed E-state index contributed by atoms with van der Waals surface area (Å²) in [5.74, 6) is 0.954. The Kier molecular flexibility index (Phi) is 4.84. The van der Waals surface area contributed by atoms with Crippen molar-refractivity contribution in [2.24, 2.45) is 0 Å². The van der Waals surface area contributed by atoms with Crippen molar-refractivity contribution in [2.75, 3.05) is 5.73 Å². The summed E-state index contributed by atoms with van der Waals surface area (Å²) in [6, 6.07) is 9.85. The summed E-state index contributed by atoms with van der Waals surface area (Å²) in [7, 11) is 0. The minimum Gasteiger partial charge on any atom is -0.475 e. The van der Waals surface area contributed by atoms with Gasteiger partial charge in [-0.3, -0.25) is 0 Å². The predicted molar refractivity (Wildman–Crippen MR) is 82.1 cm³/mol. The first-order valence-corrected chi connectivity index (χ1v) is 7.44. The van der Waals surface area contributed by atoms with E-state index in [4.69, 9.17) is 10.5 Å². The molecule has 0 amide bonds. The largest absolute Gasteiger partial charge is 0.475 e. The number of aromatic nitrogens is 2. The third kappa shape index (κ3) is 4.13. The Bertz CT molecular complexity index is 589. The van der Waals surface area contributed by atoms with Crippen molar-refractivity contribution in [1.82, 2.24) is 9.97 Å². The summed E-state index contributed by atoms with van der Waals surface area (Å²) >= 11 is 1.48. The van der Waals surface area contributed by atoms with Crippen LogP contribution in [-0.2, 0) is 0 Å². The number of rotatable bonds is 5. The van der Waals surface area contributed by atoms with E-state index in [9.17, 15) is 0 Å². The van der Waals surface area contributed by atoms with E-state index in [-0.39, 0.29) is 6.10 Å². The first-order valence-electron chi connectivity index (χ1n) is 6.62. The highest BCUT2D eigenvalue weighted by Crippen LogP contribution is 2.27. The number of benzene rings is 1. The van der Waals surface area contributed by atoms with Gasteiger partial charge in [0.05, 0.1) is 6.10 Å². The van der Waals surface area contributed by atoms with E-state index in [1.54, 1.807) is 6.07 Å². The van der Waals surface area contributed by atoms with Crippen molar-refractivity contribution in [3.8, 4) is 5.88 Å². The van der Waals surface area contributed by atoms with Gasteiger partial charge in [0.2, 0.25) is 5.88 Å². The highest BCUT2D eigenvalue weighted by Gasteiger charge is 2.08. The molecule has 1 aromatic carbocycles. The summed E-state index contributed by atoms with van der Waals surface area (Å²) in [5.41, 5.74) is 7.02. The monoisotopic (exact) mass is 289 g/mol. The fourth-order valence-electron chi connectivity index (χ4n) is 1.60. The molecule has 106 valence electrons. The highest BCUT2D eigenvalue weighted by atomic mass is 32.2. The van der Waals surface area contributed by atoms with Gasteiger partial charge in [0.1, 0.15) is 5.82 Å². The van der Waals surface area contributed by atoms with Gasteiger partial charge in [-0.1, -0.05) is 24.6 Å². The highest BCUT2D eigenvalue weighted by molar-refractivity contribution is 7.99. The van der Waals surface area contributed by atoms with Gasteiger partial charge in [-0.05, 0) is 44.2 Å². The second kappa shape index (κ2) is 6.61. The second-order valence-corrected chi connectivity index (χ2v) is 5.71. The Morgan fingerprint density at radius 1 is 1.30 bits per heavy atom. The van der Waals surface area contributed by atoms with E-state index in [0.717, 1.165) is 11.3 Å². The van der Waals surface area contributed by atoms with Crippen LogP contribution in [0, 0.1) is 6.92 Å². The number of anilines is 1. The van der Waals surface area contributed by atoms with Crippen LogP contribution in [0.3, 0.4) is 0 Å². The molecule has 5 heteroatoms. The number of aryl methyl sites for hydroxylation is 1. The van der Waals surface area contributed by atoms with Crippen molar-refractivity contribution < 1.29 is 4.74 Å². The van der Waals surface area contributed by atoms with Crippen LogP contribution in [0.2, 0.25) is 0 Å². The number of nitrogens with zero attached hydrogens (tertiary/aromatic N) is 2. The second-order valence-electron chi connectivity index (χ2n) is 4.67. The number of hydrogen-bond acceptors (Lipinski definition) is 5. The topological polar surface area (TPSA) is 61.0 Å². The molecule has 1 unspecified atom stereocenters. The molecular formula is C15H19N3OS. The van der Waals surface area contributed by atoms with Crippen molar-refractivity contribution in [2.45, 2.75) is 43.3 Å². The van der Waals surface area contributed by atoms with Crippen molar-refractivity contribution in [3.63, 3.8) is 0 Å². The maximum absolute atomic E-state index is 5.82. The Hall–Kier alpha value is -1.75. The maximum Gasteiger partial charge on any atom is 0.219 e. The Morgan fingerprint density at radius 3 is 2.80 bits per heavy atom. The zero-order valence-corrected chi connectivity index (χ0v) is 12.8. The molecule has 2 rings (SSSR count). The summed E-state index contributed by atoms with van der Waals surface area (Å²) < 4.78 is 5.70.